The van der Waals surface area contributed by atoms with Gasteiger partial charge in [0.2, 0.25) is 0 Å². The Hall–Kier alpha value is -1.96. The third-order valence-electron chi connectivity index (χ3n) is 3.53. The average molecular weight is 332 g/mol. The molecule has 8 heteroatoms. The van der Waals surface area contributed by atoms with Gasteiger partial charge in [-0.05, 0) is 18.9 Å². The van der Waals surface area contributed by atoms with Crippen LogP contribution in [0.1, 0.15) is 18.4 Å². The molecule has 2 rings (SSSR count). The minimum absolute atomic E-state index is 0.00605. The van der Waals surface area contributed by atoms with Gasteiger partial charge in [0.15, 0.2) is 0 Å². The van der Waals surface area contributed by atoms with E-state index in [9.17, 15) is 23.1 Å². The van der Waals surface area contributed by atoms with Crippen LogP contribution in [0.4, 0.5) is 18.0 Å². The van der Waals surface area contributed by atoms with Crippen molar-refractivity contribution in [3.8, 4) is 5.75 Å². The number of nitrogens with one attached hydrogen (secondary N) is 1. The zero-order chi connectivity index (χ0) is 16.9. The summed E-state index contributed by atoms with van der Waals surface area (Å²) in [5.41, 5.74) is 0.465. The second-order valence-electron chi connectivity index (χ2n) is 5.42. The second-order valence-corrected chi connectivity index (χ2v) is 5.42. The number of aromatic hydroxyl groups is 1. The highest BCUT2D eigenvalue weighted by atomic mass is 19.4. The molecule has 1 aromatic carbocycles. The summed E-state index contributed by atoms with van der Waals surface area (Å²) >= 11 is 0. The Morgan fingerprint density at radius 3 is 2.74 bits per heavy atom. The van der Waals surface area contributed by atoms with Crippen LogP contribution in [-0.2, 0) is 11.3 Å². The number of hydrogen-bond acceptors (Lipinski definition) is 3. The molecular weight excluding hydrogens is 313 g/mol. The molecule has 2 N–H and O–H groups in total. The molecule has 5 nitrogen and oxygen atoms in total. The largest absolute Gasteiger partial charge is 0.508 e. The van der Waals surface area contributed by atoms with Gasteiger partial charge in [0.05, 0.1) is 12.6 Å². The Balaban J connectivity index is 2.04. The van der Waals surface area contributed by atoms with E-state index >= 15 is 0 Å². The first-order valence-corrected chi connectivity index (χ1v) is 7.33. The highest BCUT2D eigenvalue weighted by molar-refractivity contribution is 5.74. The molecule has 0 bridgehead atoms. The highest BCUT2D eigenvalue weighted by Gasteiger charge is 2.30. The van der Waals surface area contributed by atoms with Crippen molar-refractivity contribution in [1.82, 2.24) is 10.2 Å². The molecule has 1 aliphatic heterocycles. The van der Waals surface area contributed by atoms with Gasteiger partial charge < -0.3 is 20.1 Å². The fourth-order valence-electron chi connectivity index (χ4n) is 2.39. The molecule has 0 aromatic heterocycles. The van der Waals surface area contributed by atoms with E-state index < -0.39 is 18.8 Å². The first-order chi connectivity index (χ1) is 10.8. The van der Waals surface area contributed by atoms with Crippen molar-refractivity contribution in [3.05, 3.63) is 29.8 Å². The number of nitrogens with zero attached hydrogens (tertiary/aromatic N) is 1. The number of benzene rings is 1. The van der Waals surface area contributed by atoms with E-state index in [0.29, 0.717) is 12.2 Å². The Bertz CT molecular complexity index is 531. The smallest absolute Gasteiger partial charge is 0.405 e. The lowest BCUT2D eigenvalue weighted by Gasteiger charge is -2.26. The number of alkyl halides is 3. The number of phenolic OH excluding ortho intramolecular Hbond substituents is 1. The SMILES string of the molecule is O=C(NCC(F)(F)F)N(Cc1ccccc1O)C[C@H]1CCCO1. The number of amides is 2. The number of ether oxygens (including phenoxy) is 1. The third kappa shape index (κ3) is 5.63. The number of para-hydroxylation sites is 1. The maximum atomic E-state index is 12.3. The van der Waals surface area contributed by atoms with Crippen molar-refractivity contribution in [2.24, 2.45) is 0 Å². The molecule has 0 unspecified atom stereocenters. The lowest BCUT2D eigenvalue weighted by molar-refractivity contribution is -0.123. The van der Waals surface area contributed by atoms with E-state index in [4.69, 9.17) is 4.74 Å². The molecule has 1 atom stereocenters. The molecule has 0 radical (unpaired) electrons. The number of hydrogen-bond donors (Lipinski definition) is 2. The first kappa shape index (κ1) is 17.4. The molecule has 0 aliphatic carbocycles. The number of halogens is 3. The molecule has 1 fully saturated rings. The maximum absolute atomic E-state index is 12.3. The number of phenols is 1. The molecule has 1 aliphatic rings. The van der Waals surface area contributed by atoms with Crippen LogP contribution in [0.2, 0.25) is 0 Å². The Morgan fingerprint density at radius 2 is 2.13 bits per heavy atom. The molecule has 1 aromatic rings. The van der Waals surface area contributed by atoms with E-state index in [0.717, 1.165) is 12.8 Å². The Morgan fingerprint density at radius 1 is 1.39 bits per heavy atom. The van der Waals surface area contributed by atoms with Crippen LogP contribution in [-0.4, -0.2) is 48.0 Å². The van der Waals surface area contributed by atoms with E-state index in [-0.39, 0.29) is 24.9 Å². The fraction of sp³-hybridized carbons (Fsp3) is 0.533. The summed E-state index contributed by atoms with van der Waals surface area (Å²) < 4.78 is 42.3. The van der Waals surface area contributed by atoms with E-state index in [2.05, 4.69) is 0 Å². The summed E-state index contributed by atoms with van der Waals surface area (Å²) in [6, 6.07) is 5.57. The van der Waals surface area contributed by atoms with Gasteiger partial charge in [0.1, 0.15) is 12.3 Å². The van der Waals surface area contributed by atoms with Crippen LogP contribution in [0.5, 0.6) is 5.75 Å². The van der Waals surface area contributed by atoms with Gasteiger partial charge in [0.25, 0.3) is 0 Å². The van der Waals surface area contributed by atoms with Crippen LogP contribution in [0.25, 0.3) is 0 Å². The van der Waals surface area contributed by atoms with Crippen LogP contribution >= 0.6 is 0 Å². The summed E-state index contributed by atoms with van der Waals surface area (Å²) in [6.07, 6.45) is -3.05. The van der Waals surface area contributed by atoms with Crippen molar-refractivity contribution < 1.29 is 27.8 Å². The minimum atomic E-state index is -4.47. The van der Waals surface area contributed by atoms with E-state index in [1.54, 1.807) is 18.2 Å². The quantitative estimate of drug-likeness (QED) is 0.871. The van der Waals surface area contributed by atoms with Gasteiger partial charge in [-0.2, -0.15) is 13.2 Å². The molecule has 128 valence electrons. The van der Waals surface area contributed by atoms with E-state index in [1.165, 1.54) is 11.0 Å². The molecule has 1 saturated heterocycles. The van der Waals surface area contributed by atoms with Gasteiger partial charge in [-0.1, -0.05) is 18.2 Å². The summed E-state index contributed by atoms with van der Waals surface area (Å²) in [4.78, 5) is 13.3. The van der Waals surface area contributed by atoms with Crippen LogP contribution in [0, 0.1) is 0 Å². The first-order valence-electron chi connectivity index (χ1n) is 7.33. The predicted molar refractivity (Wildman–Crippen MR) is 76.9 cm³/mol. The van der Waals surface area contributed by atoms with Crippen molar-refractivity contribution >= 4 is 6.03 Å². The van der Waals surface area contributed by atoms with Gasteiger partial charge in [0, 0.05) is 18.7 Å². The number of rotatable bonds is 5. The van der Waals surface area contributed by atoms with Crippen LogP contribution in [0.3, 0.4) is 0 Å². The molecule has 0 saturated carbocycles. The van der Waals surface area contributed by atoms with Gasteiger partial charge in [-0.3, -0.25) is 0 Å². The zero-order valence-electron chi connectivity index (χ0n) is 12.5. The molecule has 23 heavy (non-hydrogen) atoms. The Kier molecular flexibility index (Phi) is 5.70. The molecule has 2 amide bonds. The summed E-state index contributed by atoms with van der Waals surface area (Å²) in [5, 5.41) is 11.7. The molecule has 0 spiro atoms. The van der Waals surface area contributed by atoms with Crippen molar-refractivity contribution in [2.45, 2.75) is 31.7 Å². The third-order valence-corrected chi connectivity index (χ3v) is 3.53. The number of urea groups is 1. The van der Waals surface area contributed by atoms with E-state index in [1.807, 2.05) is 5.32 Å². The number of carbonyl (C=O) groups is 1. The second kappa shape index (κ2) is 7.54. The Labute approximate surface area is 132 Å². The fourth-order valence-corrected chi connectivity index (χ4v) is 2.39. The van der Waals surface area contributed by atoms with Crippen LogP contribution in [0.15, 0.2) is 24.3 Å². The topological polar surface area (TPSA) is 61.8 Å². The lowest BCUT2D eigenvalue weighted by atomic mass is 10.1. The highest BCUT2D eigenvalue weighted by Crippen LogP contribution is 2.20. The van der Waals surface area contributed by atoms with Crippen molar-refractivity contribution in [2.75, 3.05) is 19.7 Å². The predicted octanol–water partition coefficient (Wildman–Crippen LogP) is 2.65. The minimum Gasteiger partial charge on any atom is -0.508 e. The normalized spacial score (nSPS) is 18.0. The summed E-state index contributed by atoms with van der Waals surface area (Å²) in [7, 11) is 0. The maximum Gasteiger partial charge on any atom is 0.405 e. The summed E-state index contributed by atoms with van der Waals surface area (Å²) in [6.45, 7) is -0.623. The lowest BCUT2D eigenvalue weighted by Crippen LogP contribution is -2.46. The average Bonchev–Trinajstić information content (AvgIpc) is 2.98. The van der Waals surface area contributed by atoms with Crippen molar-refractivity contribution in [3.63, 3.8) is 0 Å². The van der Waals surface area contributed by atoms with Gasteiger partial charge in [-0.25, -0.2) is 4.79 Å². The van der Waals surface area contributed by atoms with Crippen molar-refractivity contribution in [1.29, 1.82) is 0 Å². The summed E-state index contributed by atoms with van der Waals surface area (Å²) in [5.74, 6) is -0.00605. The monoisotopic (exact) mass is 332 g/mol. The molecular formula is C15H19F3N2O3. The number of carbonyl (C=O) groups excluding carboxylic acids is 1. The zero-order valence-corrected chi connectivity index (χ0v) is 12.5. The van der Waals surface area contributed by atoms with Gasteiger partial charge >= 0.3 is 12.2 Å². The molecule has 1 heterocycles. The standard InChI is InChI=1S/C15H19F3N2O3/c16-15(17,18)10-19-14(22)20(9-12-5-3-7-23-12)8-11-4-1-2-6-13(11)21/h1-2,4,6,12,21H,3,5,7-10H2,(H,19,22)/t12-/m1/s1. The van der Waals surface area contributed by atoms with Crippen LogP contribution < -0.4 is 5.32 Å². The van der Waals surface area contributed by atoms with Gasteiger partial charge in [-0.15, -0.1) is 0 Å².